The van der Waals surface area contributed by atoms with Gasteiger partial charge >= 0.3 is 0 Å². The topological polar surface area (TPSA) is 63.9 Å². The van der Waals surface area contributed by atoms with Crippen LogP contribution < -0.4 is 10.5 Å². The van der Waals surface area contributed by atoms with Gasteiger partial charge in [0.1, 0.15) is 11.6 Å². The molecule has 0 radical (unpaired) electrons. The lowest BCUT2D eigenvalue weighted by atomic mass is 10.0. The standard InChI is InChI=1S/C12H14ClN3O/c1-3-8-10(13)4-7(5-11(8)17-2)9-6-15-16-12(9)14/h4-6H,3H2,1-2H3,(H3,14,15,16). The molecule has 0 atom stereocenters. The average molecular weight is 252 g/mol. The Labute approximate surface area is 105 Å². The van der Waals surface area contributed by atoms with Crippen LogP contribution in [0.5, 0.6) is 5.75 Å². The first-order valence-electron chi connectivity index (χ1n) is 5.33. The summed E-state index contributed by atoms with van der Waals surface area (Å²) in [6, 6.07) is 3.80. The van der Waals surface area contributed by atoms with Crippen LogP contribution in [0, 0.1) is 0 Å². The van der Waals surface area contributed by atoms with Crippen LogP contribution in [0.25, 0.3) is 11.1 Å². The number of H-pyrrole nitrogens is 1. The van der Waals surface area contributed by atoms with E-state index in [1.54, 1.807) is 13.3 Å². The van der Waals surface area contributed by atoms with Gasteiger partial charge in [0.2, 0.25) is 0 Å². The van der Waals surface area contributed by atoms with Crippen molar-refractivity contribution < 1.29 is 4.74 Å². The zero-order valence-electron chi connectivity index (χ0n) is 9.75. The Bertz CT molecular complexity index is 537. The van der Waals surface area contributed by atoms with E-state index in [9.17, 15) is 0 Å². The van der Waals surface area contributed by atoms with Crippen molar-refractivity contribution in [1.29, 1.82) is 0 Å². The first kappa shape index (κ1) is 11.8. The molecule has 0 bridgehead atoms. The fraction of sp³-hybridized carbons (Fsp3) is 0.250. The molecule has 0 spiro atoms. The van der Waals surface area contributed by atoms with Gasteiger partial charge in [0.25, 0.3) is 0 Å². The van der Waals surface area contributed by atoms with Gasteiger partial charge in [0.05, 0.1) is 13.3 Å². The summed E-state index contributed by atoms with van der Waals surface area (Å²) in [6.45, 7) is 2.04. The van der Waals surface area contributed by atoms with E-state index in [1.165, 1.54) is 0 Å². The Kier molecular flexibility index (Phi) is 3.24. The molecule has 0 unspecified atom stereocenters. The molecule has 17 heavy (non-hydrogen) atoms. The summed E-state index contributed by atoms with van der Waals surface area (Å²) in [7, 11) is 1.63. The lowest BCUT2D eigenvalue weighted by Crippen LogP contribution is -1.94. The van der Waals surface area contributed by atoms with E-state index in [0.717, 1.165) is 28.9 Å². The van der Waals surface area contributed by atoms with Crippen LogP contribution in [-0.2, 0) is 6.42 Å². The van der Waals surface area contributed by atoms with Crippen LogP contribution in [0.4, 0.5) is 5.82 Å². The van der Waals surface area contributed by atoms with Crippen LogP contribution in [0.15, 0.2) is 18.3 Å². The van der Waals surface area contributed by atoms with Gasteiger partial charge in [-0.15, -0.1) is 0 Å². The number of hydrogen-bond acceptors (Lipinski definition) is 3. The van der Waals surface area contributed by atoms with E-state index < -0.39 is 0 Å². The highest BCUT2D eigenvalue weighted by Crippen LogP contribution is 2.34. The summed E-state index contributed by atoms with van der Waals surface area (Å²) in [5.74, 6) is 1.29. The van der Waals surface area contributed by atoms with Gasteiger partial charge in [-0.3, -0.25) is 5.10 Å². The lowest BCUT2D eigenvalue weighted by Gasteiger charge is -2.11. The highest BCUT2D eigenvalue weighted by Gasteiger charge is 2.12. The molecule has 2 rings (SSSR count). The largest absolute Gasteiger partial charge is 0.496 e. The van der Waals surface area contributed by atoms with Crippen LogP contribution >= 0.6 is 11.6 Å². The number of rotatable bonds is 3. The van der Waals surface area contributed by atoms with Crippen LogP contribution in [0.2, 0.25) is 5.02 Å². The smallest absolute Gasteiger partial charge is 0.126 e. The molecule has 1 aromatic carbocycles. The van der Waals surface area contributed by atoms with Crippen LogP contribution in [0.3, 0.4) is 0 Å². The third kappa shape index (κ3) is 2.08. The van der Waals surface area contributed by atoms with Crippen molar-refractivity contribution >= 4 is 17.4 Å². The number of nitrogens with zero attached hydrogens (tertiary/aromatic N) is 1. The second kappa shape index (κ2) is 4.67. The monoisotopic (exact) mass is 251 g/mol. The van der Waals surface area contributed by atoms with E-state index in [2.05, 4.69) is 10.2 Å². The van der Waals surface area contributed by atoms with E-state index in [4.69, 9.17) is 22.1 Å². The van der Waals surface area contributed by atoms with Gasteiger partial charge in [0, 0.05) is 16.1 Å². The quantitative estimate of drug-likeness (QED) is 0.882. The predicted molar refractivity (Wildman–Crippen MR) is 69.4 cm³/mol. The molecule has 4 nitrogen and oxygen atoms in total. The molecule has 0 amide bonds. The van der Waals surface area contributed by atoms with Crippen LogP contribution in [0.1, 0.15) is 12.5 Å². The van der Waals surface area contributed by atoms with Crippen molar-refractivity contribution in [2.24, 2.45) is 0 Å². The molecule has 0 fully saturated rings. The SMILES string of the molecule is CCc1c(Cl)cc(-c2cn[nH]c2N)cc1OC. The summed E-state index contributed by atoms with van der Waals surface area (Å²) in [4.78, 5) is 0. The lowest BCUT2D eigenvalue weighted by molar-refractivity contribution is 0.410. The Balaban J connectivity index is 2.58. The van der Waals surface area contributed by atoms with E-state index in [0.29, 0.717) is 10.8 Å². The van der Waals surface area contributed by atoms with E-state index in [1.807, 2.05) is 19.1 Å². The zero-order valence-corrected chi connectivity index (χ0v) is 10.5. The zero-order chi connectivity index (χ0) is 12.4. The number of nitrogens with two attached hydrogens (primary N) is 1. The molecule has 0 aliphatic carbocycles. The van der Waals surface area contributed by atoms with Crippen molar-refractivity contribution in [2.45, 2.75) is 13.3 Å². The summed E-state index contributed by atoms with van der Waals surface area (Å²) in [5, 5.41) is 7.27. The minimum atomic E-state index is 0.521. The highest BCUT2D eigenvalue weighted by molar-refractivity contribution is 6.32. The minimum absolute atomic E-state index is 0.521. The first-order chi connectivity index (χ1) is 8.17. The number of aromatic nitrogens is 2. The van der Waals surface area contributed by atoms with Crippen molar-refractivity contribution in [3.63, 3.8) is 0 Å². The summed E-state index contributed by atoms with van der Waals surface area (Å²) < 4.78 is 5.34. The average Bonchev–Trinajstić information content (AvgIpc) is 2.74. The van der Waals surface area contributed by atoms with Gasteiger partial charge in [-0.2, -0.15) is 5.10 Å². The van der Waals surface area contributed by atoms with Gasteiger partial charge in [-0.25, -0.2) is 0 Å². The van der Waals surface area contributed by atoms with Crippen molar-refractivity contribution in [3.8, 4) is 16.9 Å². The highest BCUT2D eigenvalue weighted by atomic mass is 35.5. The molecule has 90 valence electrons. The third-order valence-corrected chi connectivity index (χ3v) is 3.05. The molecule has 0 aliphatic heterocycles. The van der Waals surface area contributed by atoms with Crippen molar-refractivity contribution in [1.82, 2.24) is 10.2 Å². The molecule has 5 heteroatoms. The predicted octanol–water partition coefficient (Wildman–Crippen LogP) is 2.88. The Hall–Kier alpha value is -1.68. The Morgan fingerprint density at radius 2 is 2.24 bits per heavy atom. The fourth-order valence-corrected chi connectivity index (χ4v) is 2.16. The normalized spacial score (nSPS) is 10.5. The second-order valence-electron chi connectivity index (χ2n) is 3.69. The molecule has 1 heterocycles. The molecule has 1 aromatic heterocycles. The van der Waals surface area contributed by atoms with Crippen molar-refractivity contribution in [3.05, 3.63) is 28.9 Å². The van der Waals surface area contributed by atoms with Gasteiger partial charge < -0.3 is 10.5 Å². The molecule has 3 N–H and O–H groups in total. The number of methoxy groups -OCH3 is 1. The number of halogens is 1. The van der Waals surface area contributed by atoms with Crippen molar-refractivity contribution in [2.75, 3.05) is 12.8 Å². The Morgan fingerprint density at radius 1 is 1.47 bits per heavy atom. The number of aromatic amines is 1. The molecule has 0 aliphatic rings. The maximum absolute atomic E-state index is 6.23. The Morgan fingerprint density at radius 3 is 2.76 bits per heavy atom. The summed E-state index contributed by atoms with van der Waals surface area (Å²) >= 11 is 6.23. The van der Waals surface area contributed by atoms with Gasteiger partial charge in [-0.05, 0) is 24.1 Å². The summed E-state index contributed by atoms with van der Waals surface area (Å²) in [6.07, 6.45) is 2.50. The molecule has 0 saturated carbocycles. The third-order valence-electron chi connectivity index (χ3n) is 2.71. The molecular formula is C12H14ClN3O. The fourth-order valence-electron chi connectivity index (χ4n) is 1.82. The van der Waals surface area contributed by atoms with Gasteiger partial charge in [0.15, 0.2) is 0 Å². The summed E-state index contributed by atoms with van der Waals surface area (Å²) in [5.41, 5.74) is 8.51. The first-order valence-corrected chi connectivity index (χ1v) is 5.70. The van der Waals surface area contributed by atoms with E-state index >= 15 is 0 Å². The number of benzene rings is 1. The number of nitrogens with one attached hydrogen (secondary N) is 1. The number of hydrogen-bond donors (Lipinski definition) is 2. The second-order valence-corrected chi connectivity index (χ2v) is 4.10. The maximum Gasteiger partial charge on any atom is 0.126 e. The molecule has 0 saturated heterocycles. The number of ether oxygens (including phenoxy) is 1. The molecule has 2 aromatic rings. The minimum Gasteiger partial charge on any atom is -0.496 e. The van der Waals surface area contributed by atoms with Gasteiger partial charge in [-0.1, -0.05) is 18.5 Å². The molecular weight excluding hydrogens is 238 g/mol. The number of nitrogen functional groups attached to an aromatic ring is 1. The maximum atomic E-state index is 6.23. The number of anilines is 1. The van der Waals surface area contributed by atoms with E-state index in [-0.39, 0.29) is 0 Å². The van der Waals surface area contributed by atoms with Crippen LogP contribution in [-0.4, -0.2) is 17.3 Å².